The van der Waals surface area contributed by atoms with E-state index in [0.29, 0.717) is 17.1 Å². The van der Waals surface area contributed by atoms with E-state index in [1.807, 2.05) is 0 Å². The maximum absolute atomic E-state index is 13.8. The van der Waals surface area contributed by atoms with Crippen LogP contribution in [-0.4, -0.2) is 14.7 Å². The predicted octanol–water partition coefficient (Wildman–Crippen LogP) is 2.37. The quantitative estimate of drug-likeness (QED) is 0.843. The minimum Gasteiger partial charge on any atom is -0.389 e. The summed E-state index contributed by atoms with van der Waals surface area (Å²) in [5, 5.41) is 9.62. The number of aromatic nitrogens is 2. The van der Waals surface area contributed by atoms with Gasteiger partial charge in [-0.2, -0.15) is 0 Å². The van der Waals surface area contributed by atoms with Crippen molar-refractivity contribution in [1.82, 2.24) is 9.55 Å². The first kappa shape index (κ1) is 10.8. The minimum atomic E-state index is -0.715. The molecule has 84 valence electrons. The van der Waals surface area contributed by atoms with Gasteiger partial charge in [-0.25, -0.2) is 9.37 Å². The second-order valence-corrected chi connectivity index (χ2v) is 3.70. The number of imidazole rings is 1. The Labute approximate surface area is 93.2 Å². The van der Waals surface area contributed by atoms with E-state index in [1.54, 1.807) is 42.9 Å². The van der Waals surface area contributed by atoms with Gasteiger partial charge in [-0.1, -0.05) is 12.1 Å². The number of aliphatic hydroxyl groups is 1. The van der Waals surface area contributed by atoms with Crippen LogP contribution in [0.5, 0.6) is 0 Å². The Hall–Kier alpha value is -1.68. The summed E-state index contributed by atoms with van der Waals surface area (Å²) in [6.45, 7) is 3.41. The Morgan fingerprint density at radius 2 is 2.19 bits per heavy atom. The molecule has 0 amide bonds. The molecule has 0 saturated carbocycles. The summed E-state index contributed by atoms with van der Waals surface area (Å²) in [6.07, 6.45) is 2.57. The predicted molar refractivity (Wildman–Crippen MR) is 58.9 cm³/mol. The van der Waals surface area contributed by atoms with E-state index in [4.69, 9.17) is 0 Å². The number of hydrogen-bond donors (Lipinski definition) is 1. The second kappa shape index (κ2) is 4.06. The largest absolute Gasteiger partial charge is 0.389 e. The van der Waals surface area contributed by atoms with Crippen molar-refractivity contribution in [3.8, 4) is 5.69 Å². The Kier molecular flexibility index (Phi) is 2.75. The lowest BCUT2D eigenvalue weighted by Crippen LogP contribution is -2.06. The van der Waals surface area contributed by atoms with Crippen molar-refractivity contribution in [2.24, 2.45) is 0 Å². The molecule has 1 atom stereocenters. The SMILES string of the molecule is Cc1nccn1-c1c(F)cccc1C(C)O. The van der Waals surface area contributed by atoms with Gasteiger partial charge in [0.2, 0.25) is 0 Å². The second-order valence-electron chi connectivity index (χ2n) is 3.70. The zero-order valence-corrected chi connectivity index (χ0v) is 9.18. The smallest absolute Gasteiger partial charge is 0.147 e. The molecule has 1 heterocycles. The molecule has 0 radical (unpaired) electrons. The van der Waals surface area contributed by atoms with E-state index in [2.05, 4.69) is 4.98 Å². The Balaban J connectivity index is 2.68. The fourth-order valence-electron chi connectivity index (χ4n) is 1.74. The van der Waals surface area contributed by atoms with Crippen LogP contribution < -0.4 is 0 Å². The molecule has 1 aromatic carbocycles. The summed E-state index contributed by atoms with van der Waals surface area (Å²) in [7, 11) is 0. The van der Waals surface area contributed by atoms with Gasteiger partial charge in [-0.3, -0.25) is 0 Å². The highest BCUT2D eigenvalue weighted by Gasteiger charge is 2.15. The first-order valence-corrected chi connectivity index (χ1v) is 5.08. The van der Waals surface area contributed by atoms with E-state index in [1.165, 1.54) is 6.07 Å². The van der Waals surface area contributed by atoms with Crippen molar-refractivity contribution in [2.75, 3.05) is 0 Å². The van der Waals surface area contributed by atoms with Gasteiger partial charge in [0.1, 0.15) is 11.6 Å². The summed E-state index contributed by atoms with van der Waals surface area (Å²) in [5.74, 6) is 0.325. The summed E-state index contributed by atoms with van der Waals surface area (Å²) in [5.41, 5.74) is 0.925. The molecule has 2 aromatic rings. The van der Waals surface area contributed by atoms with E-state index >= 15 is 0 Å². The highest BCUT2D eigenvalue weighted by atomic mass is 19.1. The molecule has 1 N–H and O–H groups in total. The van der Waals surface area contributed by atoms with Gasteiger partial charge in [0.25, 0.3) is 0 Å². The minimum absolute atomic E-state index is 0.362. The molecule has 0 aliphatic rings. The standard InChI is InChI=1S/C12H13FN2O/c1-8(16)10-4-3-5-11(13)12(10)15-7-6-14-9(15)2/h3-8,16H,1-2H3. The van der Waals surface area contributed by atoms with Gasteiger partial charge >= 0.3 is 0 Å². The van der Waals surface area contributed by atoms with Crippen LogP contribution in [0.15, 0.2) is 30.6 Å². The zero-order chi connectivity index (χ0) is 11.7. The van der Waals surface area contributed by atoms with E-state index < -0.39 is 6.10 Å². The molecule has 0 bridgehead atoms. The van der Waals surface area contributed by atoms with E-state index in [9.17, 15) is 9.50 Å². The summed E-state index contributed by atoms with van der Waals surface area (Å²) < 4.78 is 15.4. The third-order valence-electron chi connectivity index (χ3n) is 2.53. The fourth-order valence-corrected chi connectivity index (χ4v) is 1.74. The molecule has 4 heteroatoms. The number of aliphatic hydroxyl groups excluding tert-OH is 1. The van der Waals surface area contributed by atoms with Crippen LogP contribution >= 0.6 is 0 Å². The van der Waals surface area contributed by atoms with Crippen LogP contribution in [0.25, 0.3) is 5.69 Å². The molecule has 3 nitrogen and oxygen atoms in total. The highest BCUT2D eigenvalue weighted by Crippen LogP contribution is 2.25. The average molecular weight is 220 g/mol. The molecule has 0 saturated heterocycles. The molecule has 0 fully saturated rings. The summed E-state index contributed by atoms with van der Waals surface area (Å²) >= 11 is 0. The molecule has 2 rings (SSSR count). The number of hydrogen-bond acceptors (Lipinski definition) is 2. The lowest BCUT2D eigenvalue weighted by molar-refractivity contribution is 0.198. The zero-order valence-electron chi connectivity index (χ0n) is 9.18. The molecule has 1 aromatic heterocycles. The van der Waals surface area contributed by atoms with Gasteiger partial charge in [0, 0.05) is 18.0 Å². The number of rotatable bonds is 2. The number of benzene rings is 1. The van der Waals surface area contributed by atoms with Crippen LogP contribution in [0.3, 0.4) is 0 Å². The van der Waals surface area contributed by atoms with Gasteiger partial charge in [0.05, 0.1) is 11.8 Å². The van der Waals surface area contributed by atoms with Crippen molar-refractivity contribution in [3.05, 3.63) is 47.8 Å². The number of aryl methyl sites for hydroxylation is 1. The average Bonchev–Trinajstić information content (AvgIpc) is 2.64. The number of nitrogens with zero attached hydrogens (tertiary/aromatic N) is 2. The molecule has 0 spiro atoms. The third-order valence-corrected chi connectivity index (χ3v) is 2.53. The van der Waals surface area contributed by atoms with E-state index in [0.717, 1.165) is 0 Å². The van der Waals surface area contributed by atoms with Crippen molar-refractivity contribution in [2.45, 2.75) is 20.0 Å². The third kappa shape index (κ3) is 1.72. The number of halogens is 1. The van der Waals surface area contributed by atoms with Crippen molar-refractivity contribution in [3.63, 3.8) is 0 Å². The monoisotopic (exact) mass is 220 g/mol. The summed E-state index contributed by atoms with van der Waals surface area (Å²) in [6, 6.07) is 4.68. The van der Waals surface area contributed by atoms with E-state index in [-0.39, 0.29) is 5.82 Å². The Morgan fingerprint density at radius 3 is 2.75 bits per heavy atom. The van der Waals surface area contributed by atoms with Crippen LogP contribution in [-0.2, 0) is 0 Å². The van der Waals surface area contributed by atoms with Crippen LogP contribution in [0.2, 0.25) is 0 Å². The van der Waals surface area contributed by atoms with Gasteiger partial charge in [-0.15, -0.1) is 0 Å². The molecule has 0 aliphatic heterocycles. The molecule has 16 heavy (non-hydrogen) atoms. The molecular weight excluding hydrogens is 207 g/mol. The molecular formula is C12H13FN2O. The van der Waals surface area contributed by atoms with Crippen molar-refractivity contribution in [1.29, 1.82) is 0 Å². The first-order valence-electron chi connectivity index (χ1n) is 5.08. The van der Waals surface area contributed by atoms with Crippen molar-refractivity contribution >= 4 is 0 Å². The van der Waals surface area contributed by atoms with Gasteiger partial charge in [-0.05, 0) is 19.9 Å². The maximum atomic E-state index is 13.8. The maximum Gasteiger partial charge on any atom is 0.147 e. The molecule has 0 aliphatic carbocycles. The number of para-hydroxylation sites is 1. The van der Waals surface area contributed by atoms with Crippen molar-refractivity contribution < 1.29 is 9.50 Å². The lowest BCUT2D eigenvalue weighted by atomic mass is 10.1. The summed E-state index contributed by atoms with van der Waals surface area (Å²) in [4.78, 5) is 4.05. The van der Waals surface area contributed by atoms with Gasteiger partial charge in [0.15, 0.2) is 0 Å². The Bertz CT molecular complexity index is 505. The topological polar surface area (TPSA) is 38.0 Å². The normalized spacial score (nSPS) is 12.8. The molecule has 1 unspecified atom stereocenters. The lowest BCUT2D eigenvalue weighted by Gasteiger charge is -2.14. The van der Waals surface area contributed by atoms with Crippen LogP contribution in [0.4, 0.5) is 4.39 Å². The van der Waals surface area contributed by atoms with Crippen LogP contribution in [0.1, 0.15) is 24.4 Å². The van der Waals surface area contributed by atoms with Crippen LogP contribution in [0, 0.1) is 12.7 Å². The first-order chi connectivity index (χ1) is 7.61. The fraction of sp³-hybridized carbons (Fsp3) is 0.250. The highest BCUT2D eigenvalue weighted by molar-refractivity contribution is 5.44. The van der Waals surface area contributed by atoms with Gasteiger partial charge < -0.3 is 9.67 Å². The Morgan fingerprint density at radius 1 is 1.44 bits per heavy atom.